The van der Waals surface area contributed by atoms with Crippen LogP contribution in [0.15, 0.2) is 0 Å². The summed E-state index contributed by atoms with van der Waals surface area (Å²) >= 11 is 3.87. The van der Waals surface area contributed by atoms with E-state index in [9.17, 15) is 4.79 Å². The summed E-state index contributed by atoms with van der Waals surface area (Å²) in [7, 11) is 0. The molecule has 0 aromatic carbocycles. The molecule has 31 heavy (non-hydrogen) atoms. The van der Waals surface area contributed by atoms with Crippen LogP contribution in [-0.4, -0.2) is 84.6 Å². The summed E-state index contributed by atoms with van der Waals surface area (Å²) in [4.78, 5) is 11.8. The monoisotopic (exact) mass is 466 g/mol. The predicted molar refractivity (Wildman–Crippen MR) is 127 cm³/mol. The van der Waals surface area contributed by atoms with Crippen LogP contribution >= 0.6 is 12.8 Å². The van der Waals surface area contributed by atoms with Crippen LogP contribution in [0.4, 0.5) is 0 Å². The number of unbranched alkanes of at least 4 members (excludes halogenated alkanes) is 5. The molecule has 186 valence electrons. The van der Waals surface area contributed by atoms with Gasteiger partial charge in [0, 0.05) is 26.1 Å². The van der Waals surface area contributed by atoms with E-state index < -0.39 is 0 Å². The van der Waals surface area contributed by atoms with Gasteiger partial charge in [-0.05, 0) is 26.7 Å². The van der Waals surface area contributed by atoms with Gasteiger partial charge in [0.15, 0.2) is 0 Å². The summed E-state index contributed by atoms with van der Waals surface area (Å²) in [6, 6.07) is 0. The molecule has 0 atom stereocenters. The molecule has 1 amide bonds. The first-order chi connectivity index (χ1) is 15.2. The van der Waals surface area contributed by atoms with E-state index in [4.69, 9.17) is 23.7 Å². The number of thiol groups is 1. The average molecular weight is 467 g/mol. The third kappa shape index (κ3) is 27.5. The minimum absolute atomic E-state index is 0.105. The van der Waals surface area contributed by atoms with Crippen molar-refractivity contribution in [1.82, 2.24) is 10.0 Å². The summed E-state index contributed by atoms with van der Waals surface area (Å²) in [6.07, 6.45) is 7.71. The zero-order chi connectivity index (χ0) is 22.8. The Hall–Kier alpha value is -0.420. The van der Waals surface area contributed by atoms with Crippen LogP contribution in [0.25, 0.3) is 0 Å². The second kappa shape index (κ2) is 25.8. The molecule has 0 aliphatic rings. The van der Waals surface area contributed by atoms with Crippen LogP contribution in [-0.2, 0) is 28.5 Å². The highest BCUT2D eigenvalue weighted by Crippen LogP contribution is 2.07. The van der Waals surface area contributed by atoms with Crippen molar-refractivity contribution < 1.29 is 28.5 Å². The lowest BCUT2D eigenvalue weighted by Crippen LogP contribution is -2.27. The molecule has 8 nitrogen and oxygen atoms in total. The van der Waals surface area contributed by atoms with E-state index in [0.29, 0.717) is 78.5 Å². The average Bonchev–Trinajstić information content (AvgIpc) is 2.75. The highest BCUT2D eigenvalue weighted by Gasteiger charge is 2.01. The van der Waals surface area contributed by atoms with Gasteiger partial charge in [-0.3, -0.25) is 9.52 Å². The van der Waals surface area contributed by atoms with Crippen LogP contribution in [0.5, 0.6) is 0 Å². The zero-order valence-electron chi connectivity index (χ0n) is 19.7. The number of rotatable bonds is 25. The third-order valence-corrected chi connectivity index (χ3v) is 4.52. The Balaban J connectivity index is 3.14. The van der Waals surface area contributed by atoms with E-state index in [1.165, 1.54) is 19.3 Å². The first kappa shape index (κ1) is 30.6. The Morgan fingerprint density at radius 2 is 1.16 bits per heavy atom. The first-order valence-corrected chi connectivity index (χ1v) is 12.2. The Morgan fingerprint density at radius 3 is 1.71 bits per heavy atom. The van der Waals surface area contributed by atoms with Gasteiger partial charge in [0.25, 0.3) is 0 Å². The van der Waals surface area contributed by atoms with Crippen molar-refractivity contribution in [2.24, 2.45) is 0 Å². The fourth-order valence-corrected chi connectivity index (χ4v) is 2.74. The van der Waals surface area contributed by atoms with Crippen LogP contribution in [0.2, 0.25) is 0 Å². The highest BCUT2D eigenvalue weighted by molar-refractivity contribution is 7.78. The van der Waals surface area contributed by atoms with Gasteiger partial charge in [-0.15, -0.1) is 0 Å². The second-order valence-electron chi connectivity index (χ2n) is 7.50. The van der Waals surface area contributed by atoms with Gasteiger partial charge in [-0.25, -0.2) is 0 Å². The maximum atomic E-state index is 11.8. The Bertz CT molecular complexity index is 378. The molecule has 0 aromatic rings. The minimum atomic E-state index is 0.105. The van der Waals surface area contributed by atoms with Crippen molar-refractivity contribution in [3.05, 3.63) is 0 Å². The van der Waals surface area contributed by atoms with E-state index in [2.05, 4.69) is 36.7 Å². The number of carbonyl (C=O) groups is 1. The topological polar surface area (TPSA) is 87.3 Å². The number of carbonyl (C=O) groups excluding carboxylic acids is 1. The number of hydrogen-bond donors (Lipinski definition) is 3. The third-order valence-electron chi connectivity index (χ3n) is 4.29. The molecule has 0 fully saturated rings. The van der Waals surface area contributed by atoms with Crippen LogP contribution in [0, 0.1) is 0 Å². The molecule has 0 bridgehead atoms. The lowest BCUT2D eigenvalue weighted by Gasteiger charge is -2.08. The predicted octanol–water partition coefficient (Wildman–Crippen LogP) is 2.76. The summed E-state index contributed by atoms with van der Waals surface area (Å²) in [5, 5.41) is 2.89. The van der Waals surface area contributed by atoms with Gasteiger partial charge < -0.3 is 29.0 Å². The molecule has 9 heteroatoms. The molecule has 0 saturated carbocycles. The molecule has 0 aliphatic carbocycles. The molecular weight excluding hydrogens is 420 g/mol. The van der Waals surface area contributed by atoms with E-state index in [1.54, 1.807) is 0 Å². The zero-order valence-corrected chi connectivity index (χ0v) is 20.6. The van der Waals surface area contributed by atoms with Gasteiger partial charge in [-0.1, -0.05) is 38.5 Å². The molecular formula is C22H46N2O6S. The van der Waals surface area contributed by atoms with Crippen molar-refractivity contribution in [2.45, 2.75) is 64.9 Å². The maximum Gasteiger partial charge on any atom is 0.220 e. The van der Waals surface area contributed by atoms with Gasteiger partial charge in [0.05, 0.1) is 59.0 Å². The fourth-order valence-electron chi connectivity index (χ4n) is 2.64. The molecule has 0 spiro atoms. The highest BCUT2D eigenvalue weighted by atomic mass is 32.1. The largest absolute Gasteiger partial charge is 0.379 e. The lowest BCUT2D eigenvalue weighted by molar-refractivity contribution is -0.121. The van der Waals surface area contributed by atoms with Gasteiger partial charge >= 0.3 is 0 Å². The molecule has 0 rings (SSSR count). The summed E-state index contributed by atoms with van der Waals surface area (Å²) < 4.78 is 29.8. The molecule has 0 radical (unpaired) electrons. The summed E-state index contributed by atoms with van der Waals surface area (Å²) in [6.45, 7) is 10.6. The number of hydrogen-bond acceptors (Lipinski definition) is 8. The minimum Gasteiger partial charge on any atom is -0.379 e. The van der Waals surface area contributed by atoms with Crippen molar-refractivity contribution in [3.8, 4) is 0 Å². The summed E-state index contributed by atoms with van der Waals surface area (Å²) in [5.74, 6) is 0.105. The molecule has 0 unspecified atom stereocenters. The number of ether oxygens (including phenoxy) is 5. The van der Waals surface area contributed by atoms with Crippen molar-refractivity contribution in [1.29, 1.82) is 0 Å². The van der Waals surface area contributed by atoms with Crippen LogP contribution in [0.1, 0.15) is 58.8 Å². The van der Waals surface area contributed by atoms with E-state index >= 15 is 0 Å². The van der Waals surface area contributed by atoms with E-state index in [1.807, 2.05) is 0 Å². The summed E-state index contributed by atoms with van der Waals surface area (Å²) in [5.41, 5.74) is 0. The van der Waals surface area contributed by atoms with Crippen molar-refractivity contribution in [2.75, 3.05) is 72.6 Å². The standard InChI is InChI=1S/C22H46N2O6S/c1-21(2)30-12-8-6-4-3-5-7-9-22(25)23-10-13-26-15-17-28-19-20-29-18-16-27-14-11-24-31/h21,24,31H,3-20H2,1-2H3,(H,23,25). The van der Waals surface area contributed by atoms with Crippen molar-refractivity contribution in [3.63, 3.8) is 0 Å². The molecule has 0 aliphatic heterocycles. The van der Waals surface area contributed by atoms with Crippen LogP contribution < -0.4 is 10.0 Å². The smallest absolute Gasteiger partial charge is 0.220 e. The van der Waals surface area contributed by atoms with E-state index in [0.717, 1.165) is 25.9 Å². The molecule has 2 N–H and O–H groups in total. The second-order valence-corrected chi connectivity index (χ2v) is 7.81. The number of amides is 1. The number of nitrogens with one attached hydrogen (secondary N) is 2. The molecule has 0 heterocycles. The molecule has 0 saturated heterocycles. The quantitative estimate of drug-likeness (QED) is 0.141. The van der Waals surface area contributed by atoms with Gasteiger partial charge in [0.2, 0.25) is 5.91 Å². The lowest BCUT2D eigenvalue weighted by atomic mass is 10.1. The Morgan fingerprint density at radius 1 is 0.677 bits per heavy atom. The fraction of sp³-hybridized carbons (Fsp3) is 0.955. The first-order valence-electron chi connectivity index (χ1n) is 11.7. The Labute approximate surface area is 195 Å². The Kier molecular flexibility index (Phi) is 25.5. The van der Waals surface area contributed by atoms with E-state index in [-0.39, 0.29) is 5.91 Å². The normalized spacial score (nSPS) is 11.4. The van der Waals surface area contributed by atoms with Crippen molar-refractivity contribution >= 4 is 18.7 Å². The van der Waals surface area contributed by atoms with Gasteiger partial charge in [0.1, 0.15) is 0 Å². The maximum absolute atomic E-state index is 11.8. The van der Waals surface area contributed by atoms with Gasteiger partial charge in [-0.2, -0.15) is 0 Å². The molecule has 0 aromatic heterocycles. The SMILES string of the molecule is CC(C)OCCCCCCCCC(=O)NCCOCCOCCOCCOCCNS. The van der Waals surface area contributed by atoms with Crippen LogP contribution in [0.3, 0.4) is 0 Å².